The monoisotopic (exact) mass is 641 g/mol. The Balaban J connectivity index is 1.27. The molecule has 3 aromatic rings. The van der Waals surface area contributed by atoms with Gasteiger partial charge in [-0.3, -0.25) is 14.4 Å². The molecule has 7 rings (SSSR count). The lowest BCUT2D eigenvalue weighted by molar-refractivity contribution is -0.151. The number of hydrogen-bond donors (Lipinski definition) is 1. The van der Waals surface area contributed by atoms with E-state index in [1.807, 2.05) is 79.7 Å². The van der Waals surface area contributed by atoms with Gasteiger partial charge in [-0.15, -0.1) is 0 Å². The normalized spacial score (nSPS) is 27.2. The summed E-state index contributed by atoms with van der Waals surface area (Å²) in [6.45, 7) is 6.20. The van der Waals surface area contributed by atoms with E-state index in [2.05, 4.69) is 0 Å². The molecule has 8 nitrogen and oxygen atoms in total. The van der Waals surface area contributed by atoms with Crippen LogP contribution in [0.3, 0.4) is 0 Å². The van der Waals surface area contributed by atoms with Crippen molar-refractivity contribution in [2.75, 3.05) is 23.0 Å². The van der Waals surface area contributed by atoms with Gasteiger partial charge in [0.1, 0.15) is 0 Å². The van der Waals surface area contributed by atoms with Gasteiger partial charge in [-0.05, 0) is 54.4 Å². The number of rotatable bonds is 7. The zero-order valence-electron chi connectivity index (χ0n) is 26.5. The van der Waals surface area contributed by atoms with Crippen LogP contribution in [-0.4, -0.2) is 61.4 Å². The van der Waals surface area contributed by atoms with Crippen LogP contribution >= 0.6 is 0 Å². The molecule has 240 valence electrons. The van der Waals surface area contributed by atoms with Crippen LogP contribution in [0.5, 0.6) is 0 Å². The first-order chi connectivity index (χ1) is 22.0. The first-order valence-corrected chi connectivity index (χ1v) is 19.1. The zero-order chi connectivity index (χ0) is 32.4. The van der Waals surface area contributed by atoms with Gasteiger partial charge in [-0.25, -0.2) is 0 Å². The number of aliphatic hydroxyl groups excluding tert-OH is 1. The lowest BCUT2D eigenvalue weighted by atomic mass is 9.82. The van der Waals surface area contributed by atoms with Crippen molar-refractivity contribution in [1.82, 2.24) is 4.90 Å². The van der Waals surface area contributed by atoms with Crippen LogP contribution in [-0.2, 0) is 44.2 Å². The molecule has 2 saturated heterocycles. The van der Waals surface area contributed by atoms with Crippen molar-refractivity contribution in [1.29, 1.82) is 0 Å². The number of anilines is 2. The predicted molar refractivity (Wildman–Crippen MR) is 175 cm³/mol. The van der Waals surface area contributed by atoms with E-state index in [4.69, 9.17) is 4.74 Å². The Bertz CT molecular complexity index is 1700. The average molecular weight is 642 g/mol. The van der Waals surface area contributed by atoms with Crippen molar-refractivity contribution in [3.05, 3.63) is 95.1 Å². The molecule has 10 heteroatoms. The molecule has 1 N–H and O–H groups in total. The van der Waals surface area contributed by atoms with Crippen LogP contribution in [0.2, 0.25) is 18.6 Å². The molecule has 0 radical (unpaired) electrons. The Labute approximate surface area is 269 Å². The van der Waals surface area contributed by atoms with E-state index in [1.54, 1.807) is 27.8 Å². The number of aliphatic hydroxyl groups is 1. The summed E-state index contributed by atoms with van der Waals surface area (Å²) in [4.78, 5) is 46.3. The number of fused-ring (bicyclic) bond motifs is 3. The van der Waals surface area contributed by atoms with Crippen molar-refractivity contribution in [2.45, 2.75) is 75.7 Å². The van der Waals surface area contributed by atoms with E-state index in [0.29, 0.717) is 49.4 Å². The molecule has 4 aliphatic heterocycles. The molecule has 3 amide bonds. The summed E-state index contributed by atoms with van der Waals surface area (Å²) in [7, 11) is -3.51. The predicted octanol–water partition coefficient (Wildman–Crippen LogP) is 5.08. The fraction of sp³-hybridized carbons (Fsp3) is 0.417. The van der Waals surface area contributed by atoms with Gasteiger partial charge in [0.2, 0.25) is 20.2 Å². The molecule has 2 fully saturated rings. The summed E-state index contributed by atoms with van der Waals surface area (Å²) in [5.41, 5.74) is 2.90. The van der Waals surface area contributed by atoms with E-state index in [0.717, 1.165) is 16.7 Å². The molecule has 0 bridgehead atoms. The van der Waals surface area contributed by atoms with Crippen LogP contribution in [0.25, 0.3) is 0 Å². The number of carbonyl (C=O) groups excluding carboxylic acids is 3. The largest absolute Gasteiger partial charge is 0.394 e. The number of nitrogens with zero attached hydrogens (tertiary/aromatic N) is 3. The van der Waals surface area contributed by atoms with Crippen molar-refractivity contribution < 1.29 is 28.3 Å². The minimum absolute atomic E-state index is 0.0139. The number of carbonyl (C=O) groups is 3. The summed E-state index contributed by atoms with van der Waals surface area (Å²) in [5, 5.41) is 10.2. The number of ether oxygens (including phenoxy) is 1. The Morgan fingerprint density at radius 3 is 2.41 bits per heavy atom. The minimum atomic E-state index is -3.51. The van der Waals surface area contributed by atoms with Crippen LogP contribution in [0.15, 0.2) is 72.8 Å². The van der Waals surface area contributed by atoms with Gasteiger partial charge in [0.25, 0.3) is 5.91 Å². The van der Waals surface area contributed by atoms with E-state index in [1.165, 1.54) is 0 Å². The van der Waals surface area contributed by atoms with Gasteiger partial charge in [0.15, 0.2) is 5.60 Å². The average Bonchev–Trinajstić information content (AvgIpc) is 3.46. The summed E-state index contributed by atoms with van der Waals surface area (Å²) in [5.74, 6) is -1.05. The highest BCUT2D eigenvalue weighted by Gasteiger charge is 2.67. The SMILES string of the molecule is C[C@H]1[C@H]([Si](C)(C)F)[C@@H](CC(=O)N2Cc3ccccc3C[C@H]2CO)O[C@]12C(=O)N(Cc1ccccc1)c1ccc(N3CCC3=O)cc12. The molecule has 0 aliphatic carbocycles. The second kappa shape index (κ2) is 11.4. The maximum Gasteiger partial charge on any atom is 0.264 e. The molecule has 0 aromatic heterocycles. The fourth-order valence-electron chi connectivity index (χ4n) is 8.25. The second-order valence-electron chi connectivity index (χ2n) is 13.7. The van der Waals surface area contributed by atoms with Gasteiger partial charge >= 0.3 is 0 Å². The van der Waals surface area contributed by atoms with Crippen LogP contribution in [0, 0.1) is 5.92 Å². The summed E-state index contributed by atoms with van der Waals surface area (Å²) in [6.07, 6.45) is 0.0720. The van der Waals surface area contributed by atoms with Crippen molar-refractivity contribution >= 4 is 37.5 Å². The maximum absolute atomic E-state index is 16.4. The first-order valence-electron chi connectivity index (χ1n) is 16.2. The smallest absolute Gasteiger partial charge is 0.264 e. The molecule has 0 unspecified atom stereocenters. The minimum Gasteiger partial charge on any atom is -0.394 e. The van der Waals surface area contributed by atoms with E-state index in [-0.39, 0.29) is 30.7 Å². The standard InChI is InChI=1S/C36H40FN3O5Si/c1-23-34(46(2,3)37)31(19-33(43)39-21-26-12-8-7-11-25(26)17-28(39)22-41)45-36(23)29-18-27(38-16-15-32(38)42)13-14-30(29)40(35(36)44)20-24-9-5-4-6-10-24/h4-14,18,23,28,31,34,41H,15-17,19-22H2,1-3H3/t23-,28-,31+,34-,36+/m0/s1. The molecule has 4 aliphatic rings. The Kier molecular flexibility index (Phi) is 7.65. The van der Waals surface area contributed by atoms with Crippen LogP contribution < -0.4 is 9.80 Å². The quantitative estimate of drug-likeness (QED) is 0.221. The lowest BCUT2D eigenvalue weighted by Gasteiger charge is -2.37. The van der Waals surface area contributed by atoms with E-state index < -0.39 is 37.6 Å². The summed E-state index contributed by atoms with van der Waals surface area (Å²) < 4.78 is 23.3. The Morgan fingerprint density at radius 1 is 1.04 bits per heavy atom. The fourth-order valence-corrected chi connectivity index (χ4v) is 10.7. The molecule has 5 atom stereocenters. The number of benzene rings is 3. The number of hydrogen-bond acceptors (Lipinski definition) is 5. The van der Waals surface area contributed by atoms with Crippen LogP contribution in [0.4, 0.5) is 15.5 Å². The highest BCUT2D eigenvalue weighted by molar-refractivity contribution is 6.72. The molecule has 1 spiro atoms. The maximum atomic E-state index is 16.4. The Hall–Kier alpha value is -3.86. The number of halogens is 1. The summed E-state index contributed by atoms with van der Waals surface area (Å²) in [6, 6.07) is 22.8. The third-order valence-corrected chi connectivity index (χ3v) is 13.0. The lowest BCUT2D eigenvalue weighted by Crippen LogP contribution is -2.48. The molecule has 4 heterocycles. The first kappa shape index (κ1) is 30.8. The van der Waals surface area contributed by atoms with Gasteiger partial charge in [0, 0.05) is 42.2 Å². The topological polar surface area (TPSA) is 90.4 Å². The Morgan fingerprint density at radius 2 is 1.76 bits per heavy atom. The van der Waals surface area contributed by atoms with Crippen molar-refractivity contribution in [3.63, 3.8) is 0 Å². The highest BCUT2D eigenvalue weighted by atomic mass is 28.4. The van der Waals surface area contributed by atoms with Gasteiger partial charge in [0.05, 0.1) is 37.4 Å². The zero-order valence-corrected chi connectivity index (χ0v) is 27.5. The third kappa shape index (κ3) is 4.89. The molecule has 0 saturated carbocycles. The molecular weight excluding hydrogens is 601 g/mol. The second-order valence-corrected chi connectivity index (χ2v) is 17.5. The molecule has 3 aromatic carbocycles. The number of β-lactam (4-membered cyclic amide) rings is 1. The van der Waals surface area contributed by atoms with Gasteiger partial charge < -0.3 is 28.7 Å². The molecule has 46 heavy (non-hydrogen) atoms. The van der Waals surface area contributed by atoms with Crippen LogP contribution in [0.1, 0.15) is 42.0 Å². The summed E-state index contributed by atoms with van der Waals surface area (Å²) >= 11 is 0. The van der Waals surface area contributed by atoms with Crippen molar-refractivity contribution in [3.8, 4) is 0 Å². The highest BCUT2D eigenvalue weighted by Crippen LogP contribution is 2.61. The molecular formula is C36H40FN3O5Si. The van der Waals surface area contributed by atoms with E-state index >= 15 is 4.11 Å². The number of amides is 3. The van der Waals surface area contributed by atoms with Crippen molar-refractivity contribution in [2.24, 2.45) is 5.92 Å². The van der Waals surface area contributed by atoms with Gasteiger partial charge in [-0.1, -0.05) is 61.5 Å². The third-order valence-electron chi connectivity index (χ3n) is 10.6. The van der Waals surface area contributed by atoms with E-state index in [9.17, 15) is 19.5 Å². The van der Waals surface area contributed by atoms with Gasteiger partial charge in [-0.2, -0.15) is 0 Å².